The van der Waals surface area contributed by atoms with Crippen molar-refractivity contribution in [3.8, 4) is 0 Å². The molecule has 2 rings (SSSR count). The number of carbonyl (C=O) groups is 5. The molecule has 0 aromatic heterocycles. The highest BCUT2D eigenvalue weighted by Gasteiger charge is 2.31. The van der Waals surface area contributed by atoms with Gasteiger partial charge in [0.15, 0.2) is 0 Å². The number of esters is 2. The normalized spacial score (nSPS) is 14.3. The van der Waals surface area contributed by atoms with Crippen molar-refractivity contribution in [2.24, 2.45) is 11.5 Å². The van der Waals surface area contributed by atoms with Crippen molar-refractivity contribution in [3.05, 3.63) is 47.5 Å². The van der Waals surface area contributed by atoms with Crippen LogP contribution in [-0.4, -0.2) is 64.1 Å². The largest absolute Gasteiger partial charge is 0.391 e. The summed E-state index contributed by atoms with van der Waals surface area (Å²) in [5.74, 6) is -2.92. The van der Waals surface area contributed by atoms with Gasteiger partial charge in [0.05, 0.1) is 0 Å². The van der Waals surface area contributed by atoms with Gasteiger partial charge in [-0.3, -0.25) is 19.3 Å². The summed E-state index contributed by atoms with van der Waals surface area (Å²) in [4.78, 5) is 63.2. The van der Waals surface area contributed by atoms with Gasteiger partial charge in [-0.2, -0.15) is 0 Å². The third-order valence-electron chi connectivity index (χ3n) is 5.32. The molecule has 0 bridgehead atoms. The molecule has 10 heteroatoms. The number of hydrogen-bond acceptors (Lipinski definition) is 8. The molecule has 4 N–H and O–H groups in total. The highest BCUT2D eigenvalue weighted by atomic mass is 16.6. The summed E-state index contributed by atoms with van der Waals surface area (Å²) < 4.78 is 4.89. The summed E-state index contributed by atoms with van der Waals surface area (Å²) in [6, 6.07) is 5.75. The van der Waals surface area contributed by atoms with E-state index in [1.165, 1.54) is 17.1 Å². The Morgan fingerprint density at radius 3 is 2.32 bits per heavy atom. The molecule has 0 saturated heterocycles. The molecule has 0 radical (unpaired) electrons. The SMILES string of the molecule is CC(C)(C)N(CC(=O)OC(=O)[C@@H](N)CCCCN1C(=O)C=CC1=O)C(=O)c1cccc(CN)c1. The molecular formula is C24H32N4O6. The zero-order valence-electron chi connectivity index (χ0n) is 19.8. The maximum Gasteiger partial charge on any atom is 0.333 e. The number of hydrogen-bond donors (Lipinski definition) is 2. The number of benzene rings is 1. The fraction of sp³-hybridized carbons (Fsp3) is 0.458. The third kappa shape index (κ3) is 7.32. The van der Waals surface area contributed by atoms with Crippen LogP contribution < -0.4 is 11.5 Å². The molecule has 3 amide bonds. The molecule has 1 aliphatic rings. The second-order valence-electron chi connectivity index (χ2n) is 9.02. The first kappa shape index (κ1) is 26.9. The van der Waals surface area contributed by atoms with Crippen LogP contribution >= 0.6 is 0 Å². The lowest BCUT2D eigenvalue weighted by Crippen LogP contribution is -2.49. The van der Waals surface area contributed by atoms with Gasteiger partial charge in [-0.1, -0.05) is 12.1 Å². The van der Waals surface area contributed by atoms with Gasteiger partial charge in [-0.05, 0) is 57.7 Å². The standard InChI is InChI=1S/C24H32N4O6/c1-24(2,3)28(22(32)17-8-6-7-16(13-17)14-25)15-21(31)34-23(33)18(26)9-4-5-12-27-19(29)10-11-20(27)30/h6-8,10-11,13,18H,4-5,9,12,14-15,25-26H2,1-3H3/t18-/m0/s1. The molecule has 1 aliphatic heterocycles. The van der Waals surface area contributed by atoms with Crippen LogP contribution in [0.1, 0.15) is 56.0 Å². The van der Waals surface area contributed by atoms with Crippen molar-refractivity contribution in [2.75, 3.05) is 13.1 Å². The summed E-state index contributed by atoms with van der Waals surface area (Å²) in [6.07, 6.45) is 3.53. The van der Waals surface area contributed by atoms with Crippen molar-refractivity contribution >= 4 is 29.7 Å². The Balaban J connectivity index is 1.88. The lowest BCUT2D eigenvalue weighted by Gasteiger charge is -2.35. The molecular weight excluding hydrogens is 440 g/mol. The first-order chi connectivity index (χ1) is 15.9. The van der Waals surface area contributed by atoms with Crippen molar-refractivity contribution in [1.29, 1.82) is 0 Å². The second kappa shape index (κ2) is 11.7. The zero-order chi connectivity index (χ0) is 25.5. The number of rotatable bonds is 10. The molecule has 34 heavy (non-hydrogen) atoms. The Labute approximate surface area is 198 Å². The van der Waals surface area contributed by atoms with E-state index in [9.17, 15) is 24.0 Å². The van der Waals surface area contributed by atoms with E-state index in [0.29, 0.717) is 18.4 Å². The quantitative estimate of drug-likeness (QED) is 0.220. The Bertz CT molecular complexity index is 964. The van der Waals surface area contributed by atoms with E-state index < -0.39 is 36.0 Å². The van der Waals surface area contributed by atoms with Crippen molar-refractivity contribution in [1.82, 2.24) is 9.80 Å². The number of nitrogens with two attached hydrogens (primary N) is 2. The summed E-state index contributed by atoms with van der Waals surface area (Å²) in [5.41, 5.74) is 11.9. The average Bonchev–Trinajstić information content (AvgIpc) is 3.10. The van der Waals surface area contributed by atoms with Gasteiger partial charge in [0.2, 0.25) is 0 Å². The Kier molecular flexibility index (Phi) is 9.22. The predicted molar refractivity (Wildman–Crippen MR) is 124 cm³/mol. The Hall–Kier alpha value is -3.37. The molecule has 184 valence electrons. The molecule has 1 atom stereocenters. The molecule has 0 aliphatic carbocycles. The summed E-state index contributed by atoms with van der Waals surface area (Å²) >= 11 is 0. The van der Waals surface area contributed by atoms with E-state index in [1.807, 2.05) is 0 Å². The first-order valence-corrected chi connectivity index (χ1v) is 11.1. The Morgan fingerprint density at radius 1 is 1.09 bits per heavy atom. The summed E-state index contributed by atoms with van der Waals surface area (Å²) in [6.45, 7) is 5.36. The monoisotopic (exact) mass is 472 g/mol. The van der Waals surface area contributed by atoms with Crippen LogP contribution in [0.4, 0.5) is 0 Å². The van der Waals surface area contributed by atoms with Crippen LogP contribution in [0.2, 0.25) is 0 Å². The van der Waals surface area contributed by atoms with Gasteiger partial charge < -0.3 is 21.1 Å². The number of carbonyl (C=O) groups excluding carboxylic acids is 5. The molecule has 1 aromatic carbocycles. The Morgan fingerprint density at radius 2 is 1.74 bits per heavy atom. The van der Waals surface area contributed by atoms with Gasteiger partial charge in [0.25, 0.3) is 17.7 Å². The van der Waals surface area contributed by atoms with Gasteiger partial charge in [0.1, 0.15) is 12.6 Å². The number of nitrogens with zero attached hydrogens (tertiary/aromatic N) is 2. The van der Waals surface area contributed by atoms with E-state index in [0.717, 1.165) is 10.5 Å². The lowest BCUT2D eigenvalue weighted by molar-refractivity contribution is -0.161. The number of imide groups is 1. The van der Waals surface area contributed by atoms with E-state index >= 15 is 0 Å². The smallest absolute Gasteiger partial charge is 0.333 e. The fourth-order valence-corrected chi connectivity index (χ4v) is 3.35. The van der Waals surface area contributed by atoms with Crippen LogP contribution in [-0.2, 0) is 30.5 Å². The molecule has 1 heterocycles. The first-order valence-electron chi connectivity index (χ1n) is 11.1. The van der Waals surface area contributed by atoms with Gasteiger partial charge in [0, 0.05) is 36.3 Å². The van der Waals surface area contributed by atoms with Crippen molar-refractivity contribution < 1.29 is 28.7 Å². The van der Waals surface area contributed by atoms with E-state index in [-0.39, 0.29) is 31.3 Å². The minimum absolute atomic E-state index is 0.212. The van der Waals surface area contributed by atoms with Gasteiger partial charge in [-0.25, -0.2) is 9.59 Å². The molecule has 0 fully saturated rings. The van der Waals surface area contributed by atoms with Crippen LogP contribution in [0.3, 0.4) is 0 Å². The summed E-state index contributed by atoms with van der Waals surface area (Å²) in [7, 11) is 0. The number of ether oxygens (including phenoxy) is 1. The van der Waals surface area contributed by atoms with Crippen LogP contribution in [0.15, 0.2) is 36.4 Å². The minimum atomic E-state index is -1.05. The predicted octanol–water partition coefficient (Wildman–Crippen LogP) is 0.878. The number of unbranched alkanes of at least 4 members (excludes halogenated alkanes) is 1. The van der Waals surface area contributed by atoms with E-state index in [2.05, 4.69) is 0 Å². The zero-order valence-corrected chi connectivity index (χ0v) is 19.8. The topological polar surface area (TPSA) is 153 Å². The second-order valence-corrected chi connectivity index (χ2v) is 9.02. The van der Waals surface area contributed by atoms with E-state index in [1.54, 1.807) is 45.0 Å². The fourth-order valence-electron chi connectivity index (χ4n) is 3.35. The minimum Gasteiger partial charge on any atom is -0.391 e. The van der Waals surface area contributed by atoms with Crippen molar-refractivity contribution in [3.63, 3.8) is 0 Å². The van der Waals surface area contributed by atoms with Gasteiger partial charge in [-0.15, -0.1) is 0 Å². The maximum atomic E-state index is 13.1. The highest BCUT2D eigenvalue weighted by molar-refractivity contribution is 6.12. The van der Waals surface area contributed by atoms with Crippen LogP contribution in [0.25, 0.3) is 0 Å². The summed E-state index contributed by atoms with van der Waals surface area (Å²) in [5, 5.41) is 0. The third-order valence-corrected chi connectivity index (χ3v) is 5.32. The molecule has 0 spiro atoms. The molecule has 1 aromatic rings. The average molecular weight is 473 g/mol. The molecule has 0 unspecified atom stereocenters. The van der Waals surface area contributed by atoms with Gasteiger partial charge >= 0.3 is 11.9 Å². The lowest BCUT2D eigenvalue weighted by atomic mass is 10.0. The maximum absolute atomic E-state index is 13.1. The van der Waals surface area contributed by atoms with Crippen molar-refractivity contribution in [2.45, 2.75) is 58.2 Å². The highest BCUT2D eigenvalue weighted by Crippen LogP contribution is 2.18. The van der Waals surface area contributed by atoms with Crippen LogP contribution in [0, 0.1) is 0 Å². The van der Waals surface area contributed by atoms with Crippen LogP contribution in [0.5, 0.6) is 0 Å². The molecule has 0 saturated carbocycles. The van der Waals surface area contributed by atoms with E-state index in [4.69, 9.17) is 16.2 Å². The number of amides is 3. The molecule has 10 nitrogen and oxygen atoms in total.